The van der Waals surface area contributed by atoms with E-state index in [1.54, 1.807) is 26.0 Å². The Balaban J connectivity index is 2.43. The molecule has 1 aromatic heterocycles. The molecule has 0 amide bonds. The number of hydrogen-bond acceptors (Lipinski definition) is 7. The van der Waals surface area contributed by atoms with Crippen LogP contribution in [0.4, 0.5) is 5.69 Å². The van der Waals surface area contributed by atoms with E-state index in [0.717, 1.165) is 24.2 Å². The van der Waals surface area contributed by atoms with E-state index >= 15 is 0 Å². The van der Waals surface area contributed by atoms with Crippen molar-refractivity contribution in [2.24, 2.45) is 5.92 Å². The summed E-state index contributed by atoms with van der Waals surface area (Å²) in [5, 5.41) is 11.1. The van der Waals surface area contributed by atoms with E-state index in [-0.39, 0.29) is 30.5 Å². The van der Waals surface area contributed by atoms with Crippen molar-refractivity contribution in [3.05, 3.63) is 56.6 Å². The second kappa shape index (κ2) is 12.2. The first kappa shape index (κ1) is 25.3. The first-order valence-electron chi connectivity index (χ1n) is 10.6. The highest BCUT2D eigenvalue weighted by molar-refractivity contribution is 6.30. The molecule has 2 aromatic rings. The number of halogens is 1. The maximum atomic E-state index is 12.5. The fraction of sp³-hybridized carbons (Fsp3) is 0.500. The quantitative estimate of drug-likeness (QED) is 0.200. The number of hydrogen-bond donors (Lipinski definition) is 0. The van der Waals surface area contributed by atoms with Gasteiger partial charge in [-0.3, -0.25) is 19.7 Å². The molecule has 0 aliphatic rings. The fourth-order valence-electron chi connectivity index (χ4n) is 3.26. The van der Waals surface area contributed by atoms with Gasteiger partial charge in [-0.25, -0.2) is 4.98 Å². The van der Waals surface area contributed by atoms with E-state index in [2.05, 4.69) is 11.9 Å². The summed E-state index contributed by atoms with van der Waals surface area (Å²) < 4.78 is 12.0. The summed E-state index contributed by atoms with van der Waals surface area (Å²) in [6, 6.07) is 6.18. The minimum Gasteiger partial charge on any atom is -0.465 e. The van der Waals surface area contributed by atoms with Gasteiger partial charge < -0.3 is 14.0 Å². The highest BCUT2D eigenvalue weighted by Crippen LogP contribution is 2.25. The molecule has 0 aliphatic carbocycles. The van der Waals surface area contributed by atoms with Crippen LogP contribution in [0.3, 0.4) is 0 Å². The van der Waals surface area contributed by atoms with Gasteiger partial charge in [-0.1, -0.05) is 37.1 Å². The van der Waals surface area contributed by atoms with Gasteiger partial charge >= 0.3 is 11.9 Å². The summed E-state index contributed by atoms with van der Waals surface area (Å²) in [6.07, 6.45) is 2.47. The maximum absolute atomic E-state index is 12.5. The van der Waals surface area contributed by atoms with Crippen LogP contribution in [0.1, 0.15) is 50.7 Å². The molecule has 0 saturated carbocycles. The van der Waals surface area contributed by atoms with Crippen molar-refractivity contribution in [1.82, 2.24) is 9.55 Å². The van der Waals surface area contributed by atoms with Crippen LogP contribution >= 0.6 is 11.6 Å². The van der Waals surface area contributed by atoms with E-state index in [9.17, 15) is 19.7 Å². The zero-order chi connectivity index (χ0) is 23.7. The zero-order valence-electron chi connectivity index (χ0n) is 18.5. The molecule has 2 rings (SSSR count). The van der Waals surface area contributed by atoms with Crippen LogP contribution in [0, 0.1) is 16.0 Å². The van der Waals surface area contributed by atoms with Crippen LogP contribution in [0.5, 0.6) is 0 Å². The number of benzene rings is 1. The van der Waals surface area contributed by atoms with Gasteiger partial charge in [0.05, 0.1) is 23.8 Å². The molecule has 0 spiro atoms. The molecule has 0 atom stereocenters. The van der Waals surface area contributed by atoms with Gasteiger partial charge in [-0.2, -0.15) is 0 Å². The Morgan fingerprint density at radius 1 is 1.12 bits per heavy atom. The van der Waals surface area contributed by atoms with Gasteiger partial charge in [-0.05, 0) is 25.8 Å². The van der Waals surface area contributed by atoms with Crippen LogP contribution in [-0.4, -0.2) is 39.6 Å². The molecular formula is C22H28ClN3O6. The van der Waals surface area contributed by atoms with Crippen molar-refractivity contribution in [1.29, 1.82) is 0 Å². The molecule has 32 heavy (non-hydrogen) atoms. The molecule has 174 valence electrons. The number of unbranched alkanes of at least 4 members (excludes halogenated alkanes) is 1. The molecular weight excluding hydrogens is 438 g/mol. The van der Waals surface area contributed by atoms with E-state index in [0.29, 0.717) is 18.7 Å². The summed E-state index contributed by atoms with van der Waals surface area (Å²) in [5.74, 6) is -1.81. The van der Waals surface area contributed by atoms with E-state index < -0.39 is 22.8 Å². The first-order valence-corrected chi connectivity index (χ1v) is 11.0. The van der Waals surface area contributed by atoms with Gasteiger partial charge in [0.25, 0.3) is 5.69 Å². The summed E-state index contributed by atoms with van der Waals surface area (Å²) >= 11 is 6.44. The van der Waals surface area contributed by atoms with Gasteiger partial charge in [-0.15, -0.1) is 0 Å². The smallest absolute Gasteiger partial charge is 0.320 e. The Labute approximate surface area is 191 Å². The van der Waals surface area contributed by atoms with Crippen molar-refractivity contribution in [2.45, 2.75) is 53.0 Å². The number of aryl methyl sites for hydroxylation is 1. The molecule has 0 fully saturated rings. The number of imidazole rings is 1. The lowest BCUT2D eigenvalue weighted by Crippen LogP contribution is -2.31. The van der Waals surface area contributed by atoms with Crippen molar-refractivity contribution in [2.75, 3.05) is 13.2 Å². The van der Waals surface area contributed by atoms with E-state index in [1.165, 1.54) is 12.1 Å². The Kier molecular flexibility index (Phi) is 9.64. The average Bonchev–Trinajstić information content (AvgIpc) is 3.05. The summed E-state index contributed by atoms with van der Waals surface area (Å²) in [7, 11) is 0. The number of carbonyl (C=O) groups excluding carboxylic acids is 2. The van der Waals surface area contributed by atoms with Gasteiger partial charge in [0.2, 0.25) is 0 Å². The van der Waals surface area contributed by atoms with Crippen molar-refractivity contribution < 1.29 is 24.0 Å². The van der Waals surface area contributed by atoms with Gasteiger partial charge in [0, 0.05) is 31.5 Å². The second-order valence-electron chi connectivity index (χ2n) is 7.14. The zero-order valence-corrected chi connectivity index (χ0v) is 19.3. The van der Waals surface area contributed by atoms with Crippen molar-refractivity contribution >= 4 is 29.2 Å². The molecule has 0 saturated heterocycles. The highest BCUT2D eigenvalue weighted by atomic mass is 35.5. The lowest BCUT2D eigenvalue weighted by molar-refractivity contribution is -0.384. The molecule has 9 nitrogen and oxygen atoms in total. The minimum atomic E-state index is -1.17. The normalized spacial score (nSPS) is 10.9. The molecule has 10 heteroatoms. The predicted molar refractivity (Wildman–Crippen MR) is 119 cm³/mol. The molecule has 0 aliphatic heterocycles. The summed E-state index contributed by atoms with van der Waals surface area (Å²) in [5.41, 5.74) is 1.31. The third-order valence-corrected chi connectivity index (χ3v) is 5.19. The third kappa shape index (κ3) is 6.53. The molecule has 1 heterocycles. The predicted octanol–water partition coefficient (Wildman–Crippen LogP) is 4.12. The number of esters is 2. The molecule has 0 bridgehead atoms. The number of rotatable bonds is 12. The number of non-ortho nitro benzene ring substituents is 1. The lowest BCUT2D eigenvalue weighted by atomic mass is 10.0. The number of nitro groups is 1. The number of ether oxygens (including phenoxy) is 2. The Morgan fingerprint density at radius 2 is 1.72 bits per heavy atom. The Hall–Kier alpha value is -2.94. The van der Waals surface area contributed by atoms with Crippen LogP contribution in [0.15, 0.2) is 24.3 Å². The minimum absolute atomic E-state index is 0.00599. The van der Waals surface area contributed by atoms with Crippen LogP contribution in [0.25, 0.3) is 0 Å². The van der Waals surface area contributed by atoms with Gasteiger partial charge in [0.15, 0.2) is 11.1 Å². The summed E-state index contributed by atoms with van der Waals surface area (Å²) in [6.45, 7) is 5.98. The van der Waals surface area contributed by atoms with Crippen LogP contribution < -0.4 is 0 Å². The van der Waals surface area contributed by atoms with Crippen molar-refractivity contribution in [3.8, 4) is 0 Å². The lowest BCUT2D eigenvalue weighted by Gasteiger charge is -2.17. The number of nitro benzene ring substituents is 1. The Morgan fingerprint density at radius 3 is 2.22 bits per heavy atom. The van der Waals surface area contributed by atoms with E-state index in [4.69, 9.17) is 21.1 Å². The molecule has 0 unspecified atom stereocenters. The maximum Gasteiger partial charge on any atom is 0.320 e. The molecule has 0 N–H and O–H groups in total. The second-order valence-corrected chi connectivity index (χ2v) is 7.50. The molecule has 1 aromatic carbocycles. The average molecular weight is 466 g/mol. The monoisotopic (exact) mass is 465 g/mol. The van der Waals surface area contributed by atoms with E-state index in [1.807, 2.05) is 4.57 Å². The van der Waals surface area contributed by atoms with Crippen LogP contribution in [-0.2, 0) is 38.4 Å². The third-order valence-electron chi connectivity index (χ3n) is 4.88. The number of aromatic nitrogens is 2. The largest absolute Gasteiger partial charge is 0.465 e. The number of carbonyl (C=O) groups is 2. The van der Waals surface area contributed by atoms with Crippen LogP contribution in [0.2, 0.25) is 5.15 Å². The number of nitrogens with zero attached hydrogens (tertiary/aromatic N) is 3. The topological polar surface area (TPSA) is 114 Å². The van der Waals surface area contributed by atoms with Crippen molar-refractivity contribution in [3.63, 3.8) is 0 Å². The van der Waals surface area contributed by atoms with Gasteiger partial charge in [0.1, 0.15) is 5.82 Å². The standard InChI is InChI=1S/C22H28ClN3O6/c1-4-7-8-19-24-20(23)18(13-17(21(27)31-5-2)22(28)32-6-3)25(19)14-15-9-11-16(12-10-15)26(29)30/h9-12,17H,4-8,13-14H2,1-3H3. The molecule has 0 radical (unpaired) electrons. The Bertz CT molecular complexity index is 924. The highest BCUT2D eigenvalue weighted by Gasteiger charge is 2.32. The first-order chi connectivity index (χ1) is 15.3. The SMILES string of the molecule is CCCCc1nc(Cl)c(CC(C(=O)OCC)C(=O)OCC)n1Cc1ccc([N+](=O)[O-])cc1. The fourth-order valence-corrected chi connectivity index (χ4v) is 3.54. The summed E-state index contributed by atoms with van der Waals surface area (Å²) in [4.78, 5) is 39.9.